The van der Waals surface area contributed by atoms with Gasteiger partial charge in [0.1, 0.15) is 0 Å². The van der Waals surface area contributed by atoms with Crippen molar-refractivity contribution < 1.29 is 27.9 Å². The van der Waals surface area contributed by atoms with E-state index in [1.807, 2.05) is 0 Å². The summed E-state index contributed by atoms with van der Waals surface area (Å²) in [5.41, 5.74) is 2.18. The van der Waals surface area contributed by atoms with E-state index in [0.29, 0.717) is 28.1 Å². The number of halogens is 1. The molecule has 1 aliphatic heterocycles. The molecule has 0 saturated carbocycles. The number of carboxylic acid groups (broad SMARTS) is 1. The number of sulfonamides is 1. The molecular formula is C23H25ClN4O6S. The van der Waals surface area contributed by atoms with Crippen LogP contribution in [0.1, 0.15) is 30.9 Å². The molecule has 0 radical (unpaired) electrons. The molecule has 12 heteroatoms. The highest BCUT2D eigenvalue weighted by molar-refractivity contribution is 7.89. The fourth-order valence-corrected chi connectivity index (χ4v) is 4.79. The summed E-state index contributed by atoms with van der Waals surface area (Å²) < 4.78 is 25.2. The predicted molar refractivity (Wildman–Crippen MR) is 129 cm³/mol. The number of nitrogens with zero attached hydrogens (tertiary/aromatic N) is 1. The maximum Gasteiger partial charge on any atom is 0.404 e. The van der Waals surface area contributed by atoms with Crippen molar-refractivity contribution in [1.82, 2.24) is 20.5 Å². The first kappa shape index (κ1) is 26.2. The van der Waals surface area contributed by atoms with E-state index in [1.165, 1.54) is 12.1 Å². The molecule has 3 amide bonds. The van der Waals surface area contributed by atoms with Crippen molar-refractivity contribution in [1.29, 1.82) is 0 Å². The molecule has 2 aromatic carbocycles. The summed E-state index contributed by atoms with van der Waals surface area (Å²) in [5.74, 6) is -1.03. The summed E-state index contributed by atoms with van der Waals surface area (Å²) in [6.07, 6.45) is -1.01. The van der Waals surface area contributed by atoms with Crippen molar-refractivity contribution in [3.05, 3.63) is 75.8 Å². The average molecular weight is 521 g/mol. The molecule has 1 heterocycles. The van der Waals surface area contributed by atoms with Crippen LogP contribution in [-0.4, -0.2) is 43.0 Å². The third kappa shape index (κ3) is 7.04. The number of nitrogens with one attached hydrogen (secondary N) is 3. The Kier molecular flexibility index (Phi) is 8.49. The van der Waals surface area contributed by atoms with Gasteiger partial charge in [-0.2, -0.15) is 0 Å². The molecule has 0 unspecified atom stereocenters. The third-order valence-corrected chi connectivity index (χ3v) is 7.01. The van der Waals surface area contributed by atoms with Crippen LogP contribution in [0.4, 0.5) is 4.79 Å². The molecule has 1 aliphatic rings. The van der Waals surface area contributed by atoms with Crippen molar-refractivity contribution in [2.75, 3.05) is 6.54 Å². The van der Waals surface area contributed by atoms with Crippen LogP contribution in [0.15, 0.2) is 64.6 Å². The van der Waals surface area contributed by atoms with E-state index in [1.54, 1.807) is 43.3 Å². The Morgan fingerprint density at radius 3 is 2.43 bits per heavy atom. The van der Waals surface area contributed by atoms with E-state index in [0.717, 1.165) is 5.01 Å². The lowest BCUT2D eigenvalue weighted by atomic mass is 9.98. The zero-order chi connectivity index (χ0) is 25.6. The largest absolute Gasteiger partial charge is 0.465 e. The predicted octanol–water partition coefficient (Wildman–Crippen LogP) is 2.56. The number of hydrogen-bond acceptors (Lipinski definition) is 5. The Bertz CT molecular complexity index is 1260. The standard InChI is InChI=1S/C23H25ClN4O6S/c1-15-9-10-28(27-35(33,34)19-5-3-2-4-6-19)22(30)20(15)12-21(29)25-14-17-11-18(24)8-7-16(17)13-26-23(31)32/h2-8,11,26-27H,9-10,12-14H2,1H3,(H,25,29)(H,31,32). The molecule has 186 valence electrons. The molecule has 0 aliphatic carbocycles. The summed E-state index contributed by atoms with van der Waals surface area (Å²) in [6.45, 7) is 1.98. The van der Waals surface area contributed by atoms with Crippen LogP contribution in [0.25, 0.3) is 0 Å². The molecule has 4 N–H and O–H groups in total. The number of hydrogen-bond donors (Lipinski definition) is 4. The normalized spacial score (nSPS) is 14.1. The van der Waals surface area contributed by atoms with Crippen LogP contribution in [0.2, 0.25) is 5.02 Å². The number of amides is 3. The lowest BCUT2D eigenvalue weighted by Crippen LogP contribution is -2.49. The van der Waals surface area contributed by atoms with Gasteiger partial charge in [-0.1, -0.05) is 41.4 Å². The van der Waals surface area contributed by atoms with Gasteiger partial charge >= 0.3 is 6.09 Å². The van der Waals surface area contributed by atoms with Crippen molar-refractivity contribution in [3.63, 3.8) is 0 Å². The van der Waals surface area contributed by atoms with E-state index < -0.39 is 27.9 Å². The summed E-state index contributed by atoms with van der Waals surface area (Å²) in [5, 5.41) is 15.3. The molecule has 0 bridgehead atoms. The number of carbonyl (C=O) groups is 3. The average Bonchev–Trinajstić information content (AvgIpc) is 2.82. The molecular weight excluding hydrogens is 496 g/mol. The second-order valence-corrected chi connectivity index (χ2v) is 10.00. The zero-order valence-corrected chi connectivity index (χ0v) is 20.4. The van der Waals surface area contributed by atoms with Gasteiger partial charge in [-0.05, 0) is 48.7 Å². The summed E-state index contributed by atoms with van der Waals surface area (Å²) in [7, 11) is -3.96. The van der Waals surface area contributed by atoms with Crippen molar-refractivity contribution in [2.45, 2.75) is 37.8 Å². The van der Waals surface area contributed by atoms with Crippen molar-refractivity contribution in [3.8, 4) is 0 Å². The quantitative estimate of drug-likeness (QED) is 0.400. The molecule has 0 fully saturated rings. The van der Waals surface area contributed by atoms with E-state index in [-0.39, 0.29) is 36.5 Å². The first-order chi connectivity index (χ1) is 16.6. The Morgan fingerprint density at radius 1 is 1.06 bits per heavy atom. The van der Waals surface area contributed by atoms with Gasteiger partial charge in [0.15, 0.2) is 0 Å². The van der Waals surface area contributed by atoms with Crippen molar-refractivity contribution in [2.24, 2.45) is 0 Å². The number of rotatable bonds is 9. The highest BCUT2D eigenvalue weighted by Crippen LogP contribution is 2.22. The van der Waals surface area contributed by atoms with Gasteiger partial charge in [0.05, 0.1) is 11.3 Å². The summed E-state index contributed by atoms with van der Waals surface area (Å²) in [6, 6.07) is 12.6. The van der Waals surface area contributed by atoms with Gasteiger partial charge in [-0.25, -0.2) is 13.2 Å². The lowest BCUT2D eigenvalue weighted by molar-refractivity contribution is -0.131. The number of benzene rings is 2. The van der Waals surface area contributed by atoms with E-state index in [2.05, 4.69) is 15.5 Å². The van der Waals surface area contributed by atoms with Gasteiger partial charge in [0, 0.05) is 30.2 Å². The van der Waals surface area contributed by atoms with Gasteiger partial charge in [-0.15, -0.1) is 4.83 Å². The number of carbonyl (C=O) groups excluding carboxylic acids is 2. The highest BCUT2D eigenvalue weighted by Gasteiger charge is 2.30. The molecule has 10 nitrogen and oxygen atoms in total. The van der Waals surface area contributed by atoms with Gasteiger partial charge in [0.2, 0.25) is 5.91 Å². The molecule has 3 rings (SSSR count). The first-order valence-corrected chi connectivity index (χ1v) is 12.5. The fourth-order valence-electron chi connectivity index (χ4n) is 3.51. The Labute approximate surface area is 208 Å². The van der Waals surface area contributed by atoms with Crippen LogP contribution in [0, 0.1) is 0 Å². The fraction of sp³-hybridized carbons (Fsp3) is 0.261. The minimum Gasteiger partial charge on any atom is -0.465 e. The van der Waals surface area contributed by atoms with E-state index in [4.69, 9.17) is 16.7 Å². The molecule has 35 heavy (non-hydrogen) atoms. The summed E-state index contributed by atoms with van der Waals surface area (Å²) in [4.78, 5) is 38.8. The third-order valence-electron chi connectivity index (χ3n) is 5.42. The van der Waals surface area contributed by atoms with E-state index >= 15 is 0 Å². The van der Waals surface area contributed by atoms with Crippen LogP contribution in [0.5, 0.6) is 0 Å². The molecule has 2 aromatic rings. The van der Waals surface area contributed by atoms with Crippen LogP contribution in [-0.2, 0) is 32.7 Å². The topological polar surface area (TPSA) is 145 Å². The smallest absolute Gasteiger partial charge is 0.404 e. The number of hydrazine groups is 1. The van der Waals surface area contributed by atoms with E-state index in [9.17, 15) is 22.8 Å². The van der Waals surface area contributed by atoms with Crippen LogP contribution >= 0.6 is 11.6 Å². The monoisotopic (exact) mass is 520 g/mol. The van der Waals surface area contributed by atoms with Crippen LogP contribution in [0.3, 0.4) is 0 Å². The first-order valence-electron chi connectivity index (χ1n) is 10.7. The van der Waals surface area contributed by atoms with Gasteiger partial charge in [-0.3, -0.25) is 14.6 Å². The van der Waals surface area contributed by atoms with Gasteiger partial charge in [0.25, 0.3) is 15.9 Å². The Morgan fingerprint density at radius 2 is 1.74 bits per heavy atom. The molecule has 0 atom stereocenters. The minimum absolute atomic E-state index is 0.0214. The Balaban J connectivity index is 1.65. The van der Waals surface area contributed by atoms with Gasteiger partial charge < -0.3 is 15.7 Å². The Hall–Kier alpha value is -3.41. The van der Waals surface area contributed by atoms with Crippen LogP contribution < -0.4 is 15.5 Å². The maximum absolute atomic E-state index is 13.0. The maximum atomic E-state index is 13.0. The summed E-state index contributed by atoms with van der Waals surface area (Å²) >= 11 is 6.04. The second kappa shape index (κ2) is 11.3. The molecule has 0 spiro atoms. The zero-order valence-electron chi connectivity index (χ0n) is 18.9. The second-order valence-electron chi connectivity index (χ2n) is 7.90. The van der Waals surface area contributed by atoms with Crippen molar-refractivity contribution >= 4 is 39.5 Å². The molecule has 0 aromatic heterocycles. The minimum atomic E-state index is -3.96. The lowest BCUT2D eigenvalue weighted by Gasteiger charge is -2.29. The molecule has 0 saturated heterocycles. The SMILES string of the molecule is CC1=C(CC(=O)NCc2cc(Cl)ccc2CNC(=O)O)C(=O)N(NS(=O)(=O)c2ccccc2)CC1. The highest BCUT2D eigenvalue weighted by atomic mass is 35.5.